The van der Waals surface area contributed by atoms with E-state index in [2.05, 4.69) is 15.6 Å². The second-order valence-electron chi connectivity index (χ2n) is 6.31. The van der Waals surface area contributed by atoms with Crippen molar-refractivity contribution in [2.45, 2.75) is 31.7 Å². The Morgan fingerprint density at radius 1 is 1.41 bits per heavy atom. The lowest BCUT2D eigenvalue weighted by molar-refractivity contribution is 0.0676. The molecule has 1 saturated carbocycles. The Balaban J connectivity index is 1.46. The van der Waals surface area contributed by atoms with Crippen molar-refractivity contribution in [3.63, 3.8) is 0 Å². The fourth-order valence-corrected chi connectivity index (χ4v) is 2.66. The highest BCUT2D eigenvalue weighted by Crippen LogP contribution is 2.28. The summed E-state index contributed by atoms with van der Waals surface area (Å²) in [6, 6.07) is 0.350. The van der Waals surface area contributed by atoms with E-state index >= 15 is 0 Å². The van der Waals surface area contributed by atoms with Gasteiger partial charge in [-0.25, -0.2) is 4.68 Å². The van der Waals surface area contributed by atoms with Gasteiger partial charge in [0.2, 0.25) is 0 Å². The van der Waals surface area contributed by atoms with E-state index in [9.17, 15) is 4.79 Å². The van der Waals surface area contributed by atoms with Crippen molar-refractivity contribution >= 4 is 5.91 Å². The minimum Gasteiger partial charge on any atom is -0.379 e. The van der Waals surface area contributed by atoms with Gasteiger partial charge in [0.1, 0.15) is 0 Å². The van der Waals surface area contributed by atoms with Gasteiger partial charge in [-0.05, 0) is 44.7 Å². The van der Waals surface area contributed by atoms with Crippen LogP contribution in [0.3, 0.4) is 0 Å². The number of ether oxygens (including phenoxy) is 1. The molecular formula is C15H25N5O2. The Bertz CT molecular complexity index is 494. The predicted molar refractivity (Wildman–Crippen MR) is 81.7 cm³/mol. The third-order valence-corrected chi connectivity index (χ3v) is 4.38. The molecule has 2 aliphatic rings. The molecule has 122 valence electrons. The molecule has 1 aromatic rings. The Labute approximate surface area is 131 Å². The highest BCUT2D eigenvalue weighted by molar-refractivity contribution is 5.91. The number of nitrogens with zero attached hydrogens (tertiary/aromatic N) is 4. The molecule has 0 unspecified atom stereocenters. The molecule has 1 amide bonds. The first kappa shape index (κ1) is 15.4. The predicted octanol–water partition coefficient (Wildman–Crippen LogP) is 0.701. The molecule has 7 heteroatoms. The summed E-state index contributed by atoms with van der Waals surface area (Å²) in [6.45, 7) is 3.99. The monoisotopic (exact) mass is 307 g/mol. The minimum absolute atomic E-state index is 0.0878. The van der Waals surface area contributed by atoms with E-state index in [4.69, 9.17) is 4.74 Å². The quantitative estimate of drug-likeness (QED) is 0.751. The van der Waals surface area contributed by atoms with Crippen molar-refractivity contribution in [2.75, 3.05) is 39.9 Å². The number of amides is 1. The summed E-state index contributed by atoms with van der Waals surface area (Å²) in [6.07, 6.45) is 6.41. The number of nitrogens with one attached hydrogen (secondary N) is 1. The summed E-state index contributed by atoms with van der Waals surface area (Å²) in [5, 5.41) is 11.5. The number of likely N-dealkylation sites (N-methyl/N-ethyl adjacent to an activating group) is 1. The van der Waals surface area contributed by atoms with E-state index < -0.39 is 0 Å². The van der Waals surface area contributed by atoms with Gasteiger partial charge in [0.25, 0.3) is 5.91 Å². The van der Waals surface area contributed by atoms with Gasteiger partial charge in [-0.3, -0.25) is 4.79 Å². The van der Waals surface area contributed by atoms with E-state index in [1.54, 1.807) is 18.1 Å². The van der Waals surface area contributed by atoms with Crippen molar-refractivity contribution in [2.24, 2.45) is 5.92 Å². The molecule has 0 bridgehead atoms. The van der Waals surface area contributed by atoms with Crippen LogP contribution in [0.2, 0.25) is 0 Å². The van der Waals surface area contributed by atoms with Crippen molar-refractivity contribution < 1.29 is 9.53 Å². The van der Waals surface area contributed by atoms with E-state index in [0.717, 1.165) is 38.5 Å². The first-order valence-electron chi connectivity index (χ1n) is 8.20. The van der Waals surface area contributed by atoms with Crippen LogP contribution in [0.15, 0.2) is 6.20 Å². The van der Waals surface area contributed by atoms with Crippen molar-refractivity contribution in [1.82, 2.24) is 25.2 Å². The highest BCUT2D eigenvalue weighted by Gasteiger charge is 2.22. The highest BCUT2D eigenvalue weighted by atomic mass is 16.5. The third kappa shape index (κ3) is 4.04. The summed E-state index contributed by atoms with van der Waals surface area (Å²) < 4.78 is 7.41. The number of piperidine rings is 1. The van der Waals surface area contributed by atoms with Crippen molar-refractivity contribution in [1.29, 1.82) is 0 Å². The number of hydrogen-bond donors (Lipinski definition) is 1. The molecule has 1 aliphatic carbocycles. The standard InChI is InChI=1S/C15H25N5O2/c1-19(8-9-22-11-12-2-3-12)15(21)14-10-20(18-17-14)13-4-6-16-7-5-13/h10,12-13,16H,2-9,11H2,1H3. The Morgan fingerprint density at radius 3 is 2.91 bits per heavy atom. The normalized spacial score (nSPS) is 19.3. The first-order valence-corrected chi connectivity index (χ1v) is 8.20. The Kier molecular flexibility index (Phi) is 5.04. The molecule has 3 rings (SSSR count). The van der Waals surface area contributed by atoms with E-state index in [1.807, 2.05) is 4.68 Å². The van der Waals surface area contributed by atoms with Crippen LogP contribution in [0.5, 0.6) is 0 Å². The summed E-state index contributed by atoms with van der Waals surface area (Å²) in [5.41, 5.74) is 0.420. The summed E-state index contributed by atoms with van der Waals surface area (Å²) >= 11 is 0. The molecule has 2 fully saturated rings. The number of aromatic nitrogens is 3. The Hall–Kier alpha value is -1.47. The van der Waals surface area contributed by atoms with Gasteiger partial charge in [0.15, 0.2) is 5.69 Å². The van der Waals surface area contributed by atoms with E-state index in [-0.39, 0.29) is 5.91 Å². The molecule has 0 aromatic carbocycles. The third-order valence-electron chi connectivity index (χ3n) is 4.38. The van der Waals surface area contributed by atoms with Gasteiger partial charge in [0, 0.05) is 20.2 Å². The van der Waals surface area contributed by atoms with Gasteiger partial charge in [-0.1, -0.05) is 5.21 Å². The molecule has 1 aliphatic heterocycles. The average Bonchev–Trinajstić information content (AvgIpc) is 3.25. The smallest absolute Gasteiger partial charge is 0.275 e. The molecule has 0 atom stereocenters. The zero-order chi connectivity index (χ0) is 15.4. The number of carbonyl (C=O) groups excluding carboxylic acids is 1. The zero-order valence-corrected chi connectivity index (χ0v) is 13.2. The molecule has 7 nitrogen and oxygen atoms in total. The lowest BCUT2D eigenvalue weighted by atomic mass is 10.1. The maximum absolute atomic E-state index is 12.3. The largest absolute Gasteiger partial charge is 0.379 e. The molecule has 1 N–H and O–H groups in total. The second kappa shape index (κ2) is 7.19. The van der Waals surface area contributed by atoms with Crippen LogP contribution in [-0.4, -0.2) is 65.7 Å². The number of rotatable bonds is 7. The molecule has 1 saturated heterocycles. The zero-order valence-electron chi connectivity index (χ0n) is 13.2. The number of hydrogen-bond acceptors (Lipinski definition) is 5. The summed E-state index contributed by atoms with van der Waals surface area (Å²) in [5.74, 6) is 0.668. The second-order valence-corrected chi connectivity index (χ2v) is 6.31. The first-order chi connectivity index (χ1) is 10.7. The molecular weight excluding hydrogens is 282 g/mol. The fraction of sp³-hybridized carbons (Fsp3) is 0.800. The Morgan fingerprint density at radius 2 is 2.18 bits per heavy atom. The lowest BCUT2D eigenvalue weighted by Gasteiger charge is -2.22. The van der Waals surface area contributed by atoms with Crippen LogP contribution in [0.25, 0.3) is 0 Å². The van der Waals surface area contributed by atoms with Gasteiger partial charge < -0.3 is 15.0 Å². The molecule has 2 heterocycles. The topological polar surface area (TPSA) is 72.3 Å². The summed E-state index contributed by atoms with van der Waals surface area (Å²) in [4.78, 5) is 14.0. The van der Waals surface area contributed by atoms with Gasteiger partial charge in [-0.15, -0.1) is 5.10 Å². The minimum atomic E-state index is -0.0878. The van der Waals surface area contributed by atoms with Gasteiger partial charge >= 0.3 is 0 Å². The van der Waals surface area contributed by atoms with Crippen LogP contribution in [-0.2, 0) is 4.74 Å². The fourth-order valence-electron chi connectivity index (χ4n) is 2.66. The van der Waals surface area contributed by atoms with Crippen molar-refractivity contribution in [3.05, 3.63) is 11.9 Å². The van der Waals surface area contributed by atoms with Crippen LogP contribution < -0.4 is 5.32 Å². The van der Waals surface area contributed by atoms with Crippen LogP contribution in [0.4, 0.5) is 0 Å². The maximum atomic E-state index is 12.3. The average molecular weight is 307 g/mol. The van der Waals surface area contributed by atoms with E-state index in [0.29, 0.717) is 24.9 Å². The van der Waals surface area contributed by atoms with Gasteiger partial charge in [0.05, 0.1) is 18.8 Å². The van der Waals surface area contributed by atoms with Crippen LogP contribution >= 0.6 is 0 Å². The number of carbonyl (C=O) groups is 1. The van der Waals surface area contributed by atoms with Gasteiger partial charge in [-0.2, -0.15) is 0 Å². The molecule has 1 aromatic heterocycles. The summed E-state index contributed by atoms with van der Waals surface area (Å²) in [7, 11) is 1.78. The maximum Gasteiger partial charge on any atom is 0.275 e. The SMILES string of the molecule is CN(CCOCC1CC1)C(=O)c1cn(C2CCNCC2)nn1. The lowest BCUT2D eigenvalue weighted by Crippen LogP contribution is -2.31. The van der Waals surface area contributed by atoms with Crippen molar-refractivity contribution in [3.8, 4) is 0 Å². The van der Waals surface area contributed by atoms with E-state index in [1.165, 1.54) is 12.8 Å². The molecule has 0 radical (unpaired) electrons. The molecule has 0 spiro atoms. The molecule has 22 heavy (non-hydrogen) atoms. The van der Waals surface area contributed by atoms with Crippen LogP contribution in [0.1, 0.15) is 42.2 Å². The van der Waals surface area contributed by atoms with Crippen LogP contribution in [0, 0.1) is 5.92 Å².